The second kappa shape index (κ2) is 11.5. The van der Waals surface area contributed by atoms with Crippen molar-refractivity contribution in [3.05, 3.63) is 99.3 Å². The molecule has 2 aromatic carbocycles. The smallest absolute Gasteiger partial charge is 0.258 e. The highest BCUT2D eigenvalue weighted by molar-refractivity contribution is 6.33. The SMILES string of the molecule is O=C(NCC1CCN(Cc2ccccc2)CC1)c1cc(OCc2nc3cnccc3c(=O)[nH]2)ccc1Cl. The van der Waals surface area contributed by atoms with Crippen LogP contribution in [0.4, 0.5) is 0 Å². The summed E-state index contributed by atoms with van der Waals surface area (Å²) in [5.74, 6) is 1.02. The van der Waals surface area contributed by atoms with Gasteiger partial charge in [0.1, 0.15) is 18.2 Å². The molecule has 0 saturated carbocycles. The number of amides is 1. The van der Waals surface area contributed by atoms with E-state index in [1.165, 1.54) is 11.8 Å². The Morgan fingerprint density at radius 2 is 1.95 bits per heavy atom. The number of likely N-dealkylation sites (tertiary alicyclic amines) is 1. The van der Waals surface area contributed by atoms with Gasteiger partial charge in [-0.05, 0) is 61.7 Å². The number of carbonyl (C=O) groups excluding carboxylic acids is 1. The summed E-state index contributed by atoms with van der Waals surface area (Å²) in [4.78, 5) is 38.7. The molecule has 9 heteroatoms. The quantitative estimate of drug-likeness (QED) is 0.363. The Hall–Kier alpha value is -3.75. The van der Waals surface area contributed by atoms with Crippen LogP contribution in [0.2, 0.25) is 5.02 Å². The van der Waals surface area contributed by atoms with E-state index < -0.39 is 0 Å². The van der Waals surface area contributed by atoms with Crippen molar-refractivity contribution < 1.29 is 9.53 Å². The van der Waals surface area contributed by atoms with Crippen LogP contribution in [0.15, 0.2) is 71.8 Å². The molecule has 1 saturated heterocycles. The Bertz CT molecular complexity index is 1430. The minimum absolute atomic E-state index is 0.0321. The number of rotatable bonds is 8. The zero-order valence-electron chi connectivity index (χ0n) is 20.3. The standard InChI is InChI=1S/C28H28ClN5O3/c29-24-7-6-21(37-18-26-32-25-16-30-11-8-22(25)28(36)33-26)14-23(24)27(35)31-15-19-9-12-34(13-10-19)17-20-4-2-1-3-5-20/h1-8,11,14,16,19H,9-10,12-13,15,17-18H2,(H,31,35)(H,32,33,36). The second-order valence-corrected chi connectivity index (χ2v) is 9.66. The normalized spacial score (nSPS) is 14.5. The molecule has 0 radical (unpaired) electrons. The average molecular weight is 518 g/mol. The van der Waals surface area contributed by atoms with Crippen molar-refractivity contribution in [2.75, 3.05) is 19.6 Å². The molecular weight excluding hydrogens is 490 g/mol. The largest absolute Gasteiger partial charge is 0.486 e. The lowest BCUT2D eigenvalue weighted by atomic mass is 9.96. The van der Waals surface area contributed by atoms with Gasteiger partial charge in [0.15, 0.2) is 0 Å². The molecule has 8 nitrogen and oxygen atoms in total. The maximum absolute atomic E-state index is 12.9. The number of hydrogen-bond acceptors (Lipinski definition) is 6. The number of halogens is 1. The highest BCUT2D eigenvalue weighted by Gasteiger charge is 2.21. The van der Waals surface area contributed by atoms with Crippen molar-refractivity contribution in [1.29, 1.82) is 0 Å². The molecule has 5 rings (SSSR count). The van der Waals surface area contributed by atoms with Crippen molar-refractivity contribution in [1.82, 2.24) is 25.2 Å². The van der Waals surface area contributed by atoms with Crippen LogP contribution in [-0.4, -0.2) is 45.4 Å². The number of aromatic nitrogens is 3. The van der Waals surface area contributed by atoms with Crippen LogP contribution in [0, 0.1) is 5.92 Å². The molecule has 0 atom stereocenters. The molecule has 0 spiro atoms. The van der Waals surface area contributed by atoms with E-state index in [1.807, 2.05) is 6.07 Å². The lowest BCUT2D eigenvalue weighted by molar-refractivity contribution is 0.0935. The maximum atomic E-state index is 12.9. The molecule has 37 heavy (non-hydrogen) atoms. The molecule has 4 aromatic rings. The first-order valence-corrected chi connectivity index (χ1v) is 12.7. The Balaban J connectivity index is 1.14. The highest BCUT2D eigenvalue weighted by Crippen LogP contribution is 2.24. The maximum Gasteiger partial charge on any atom is 0.258 e. The third kappa shape index (κ3) is 6.34. The van der Waals surface area contributed by atoms with E-state index in [2.05, 4.69) is 49.4 Å². The Morgan fingerprint density at radius 3 is 2.76 bits per heavy atom. The molecule has 3 heterocycles. The van der Waals surface area contributed by atoms with Gasteiger partial charge in [0, 0.05) is 19.3 Å². The summed E-state index contributed by atoms with van der Waals surface area (Å²) in [5, 5.41) is 3.85. The molecule has 190 valence electrons. The lowest BCUT2D eigenvalue weighted by Gasteiger charge is -2.32. The summed E-state index contributed by atoms with van der Waals surface area (Å²) in [6.45, 7) is 3.63. The van der Waals surface area contributed by atoms with Gasteiger partial charge >= 0.3 is 0 Å². The summed E-state index contributed by atoms with van der Waals surface area (Å²) in [6, 6.07) is 17.0. The zero-order valence-corrected chi connectivity index (χ0v) is 21.1. The van der Waals surface area contributed by atoms with Crippen molar-refractivity contribution in [3.63, 3.8) is 0 Å². The number of pyridine rings is 1. The molecular formula is C28H28ClN5O3. The summed E-state index contributed by atoms with van der Waals surface area (Å²) >= 11 is 6.32. The van der Waals surface area contributed by atoms with Gasteiger partial charge in [0.2, 0.25) is 0 Å². The monoisotopic (exact) mass is 517 g/mol. The van der Waals surface area contributed by atoms with E-state index in [0.29, 0.717) is 45.5 Å². The number of benzene rings is 2. The number of carbonyl (C=O) groups is 1. The molecule has 1 fully saturated rings. The topological polar surface area (TPSA) is 100 Å². The van der Waals surface area contributed by atoms with Crippen LogP contribution >= 0.6 is 11.6 Å². The third-order valence-electron chi connectivity index (χ3n) is 6.62. The second-order valence-electron chi connectivity index (χ2n) is 9.25. The van der Waals surface area contributed by atoms with Crippen molar-refractivity contribution in [2.24, 2.45) is 5.92 Å². The predicted molar refractivity (Wildman–Crippen MR) is 143 cm³/mol. The first kappa shape index (κ1) is 24.9. The predicted octanol–water partition coefficient (Wildman–Crippen LogP) is 4.19. The summed E-state index contributed by atoms with van der Waals surface area (Å²) in [6.07, 6.45) is 5.16. The Labute approximate surface area is 219 Å². The molecule has 2 N–H and O–H groups in total. The van der Waals surface area contributed by atoms with Gasteiger partial charge in [-0.1, -0.05) is 41.9 Å². The fraction of sp³-hybridized carbons (Fsp3) is 0.286. The molecule has 1 aliphatic rings. The third-order valence-corrected chi connectivity index (χ3v) is 6.95. The van der Waals surface area contributed by atoms with Crippen LogP contribution in [0.5, 0.6) is 5.75 Å². The van der Waals surface area contributed by atoms with E-state index >= 15 is 0 Å². The number of hydrogen-bond donors (Lipinski definition) is 2. The number of H-pyrrole nitrogens is 1. The molecule has 0 unspecified atom stereocenters. The van der Waals surface area contributed by atoms with E-state index in [9.17, 15) is 9.59 Å². The van der Waals surface area contributed by atoms with Gasteiger partial charge in [-0.3, -0.25) is 19.5 Å². The van der Waals surface area contributed by atoms with E-state index in [4.69, 9.17) is 16.3 Å². The first-order chi connectivity index (χ1) is 18.0. The lowest BCUT2D eigenvalue weighted by Crippen LogP contribution is -2.38. The number of aromatic amines is 1. The van der Waals surface area contributed by atoms with Crippen molar-refractivity contribution in [3.8, 4) is 5.75 Å². The molecule has 1 aliphatic heterocycles. The number of nitrogens with zero attached hydrogens (tertiary/aromatic N) is 3. The number of fused-ring (bicyclic) bond motifs is 1. The minimum atomic E-state index is -0.256. The Kier molecular flexibility index (Phi) is 7.77. The van der Waals surface area contributed by atoms with Gasteiger partial charge in [-0.2, -0.15) is 0 Å². The van der Waals surface area contributed by atoms with Crippen LogP contribution in [0.25, 0.3) is 10.9 Å². The summed E-state index contributed by atoms with van der Waals surface area (Å²) in [7, 11) is 0. The molecule has 1 amide bonds. The van der Waals surface area contributed by atoms with Crippen molar-refractivity contribution in [2.45, 2.75) is 26.0 Å². The molecule has 0 aliphatic carbocycles. The van der Waals surface area contributed by atoms with Crippen LogP contribution in [0.1, 0.15) is 34.6 Å². The minimum Gasteiger partial charge on any atom is -0.486 e. The fourth-order valence-electron chi connectivity index (χ4n) is 4.55. The first-order valence-electron chi connectivity index (χ1n) is 12.3. The number of nitrogens with one attached hydrogen (secondary N) is 2. The van der Waals surface area contributed by atoms with Gasteiger partial charge in [-0.25, -0.2) is 4.98 Å². The number of ether oxygens (including phenoxy) is 1. The Morgan fingerprint density at radius 1 is 1.14 bits per heavy atom. The average Bonchev–Trinajstić information content (AvgIpc) is 2.93. The molecule has 2 aromatic heterocycles. The molecule has 0 bridgehead atoms. The van der Waals surface area contributed by atoms with Gasteiger partial charge in [0.05, 0.1) is 27.7 Å². The van der Waals surface area contributed by atoms with Crippen molar-refractivity contribution >= 4 is 28.4 Å². The van der Waals surface area contributed by atoms with Gasteiger partial charge in [-0.15, -0.1) is 0 Å². The highest BCUT2D eigenvalue weighted by atomic mass is 35.5. The van der Waals surface area contributed by atoms with Crippen LogP contribution < -0.4 is 15.6 Å². The van der Waals surface area contributed by atoms with E-state index in [-0.39, 0.29) is 18.1 Å². The van der Waals surface area contributed by atoms with E-state index in [1.54, 1.807) is 30.5 Å². The zero-order chi connectivity index (χ0) is 25.6. The van der Waals surface area contributed by atoms with E-state index in [0.717, 1.165) is 32.5 Å². The van der Waals surface area contributed by atoms with Crippen LogP contribution in [0.3, 0.4) is 0 Å². The van der Waals surface area contributed by atoms with Crippen LogP contribution in [-0.2, 0) is 13.2 Å². The summed E-state index contributed by atoms with van der Waals surface area (Å²) < 4.78 is 5.80. The number of piperidine rings is 1. The van der Waals surface area contributed by atoms with Gasteiger partial charge < -0.3 is 15.0 Å². The fourth-order valence-corrected chi connectivity index (χ4v) is 4.75. The summed E-state index contributed by atoms with van der Waals surface area (Å²) in [5.41, 5.74) is 1.91. The van der Waals surface area contributed by atoms with Gasteiger partial charge in [0.25, 0.3) is 11.5 Å².